The molecule has 1 aromatic heterocycles. The number of halogens is 1. The minimum absolute atomic E-state index is 0.0859. The molecule has 19 heavy (non-hydrogen) atoms. The summed E-state index contributed by atoms with van der Waals surface area (Å²) in [5.41, 5.74) is 1.38. The highest BCUT2D eigenvalue weighted by Gasteiger charge is 2.29. The van der Waals surface area contributed by atoms with Crippen molar-refractivity contribution in [1.29, 1.82) is 0 Å². The topological polar surface area (TPSA) is 63.9 Å². The molecule has 0 spiro atoms. The van der Waals surface area contributed by atoms with Gasteiger partial charge in [-0.3, -0.25) is 9.78 Å². The molecule has 0 aliphatic carbocycles. The highest BCUT2D eigenvalue weighted by Crippen LogP contribution is 2.35. The molecule has 1 aliphatic rings. The van der Waals surface area contributed by atoms with Crippen LogP contribution in [0.1, 0.15) is 11.7 Å². The van der Waals surface area contributed by atoms with E-state index in [1.165, 1.54) is 0 Å². The minimum atomic E-state index is -0.204. The molecule has 0 radical (unpaired) electrons. The lowest BCUT2D eigenvalue weighted by Crippen LogP contribution is -2.23. The van der Waals surface area contributed by atoms with Crippen LogP contribution in [0, 0.1) is 4.77 Å². The Morgan fingerprint density at radius 2 is 1.95 bits per heavy atom. The Labute approximate surface area is 122 Å². The number of rotatable bonds is 1. The molecule has 0 amide bonds. The van der Waals surface area contributed by atoms with E-state index in [0.717, 1.165) is 10.0 Å². The van der Waals surface area contributed by atoms with E-state index in [1.54, 1.807) is 0 Å². The van der Waals surface area contributed by atoms with Crippen LogP contribution >= 0.6 is 28.1 Å². The Kier molecular flexibility index (Phi) is 2.94. The van der Waals surface area contributed by atoms with Gasteiger partial charge in [-0.1, -0.05) is 28.1 Å². The molecule has 0 saturated carbocycles. The van der Waals surface area contributed by atoms with Gasteiger partial charge in [-0.15, -0.1) is 0 Å². The highest BCUT2D eigenvalue weighted by atomic mass is 79.9. The number of aromatic nitrogens is 2. The van der Waals surface area contributed by atoms with Crippen molar-refractivity contribution < 1.29 is 0 Å². The third-order valence-electron chi connectivity index (χ3n) is 3.13. The summed E-state index contributed by atoms with van der Waals surface area (Å²) in [5, 5.41) is 3.20. The van der Waals surface area contributed by atoms with Crippen LogP contribution in [0.2, 0.25) is 0 Å². The van der Waals surface area contributed by atoms with E-state index < -0.39 is 0 Å². The van der Waals surface area contributed by atoms with Crippen molar-refractivity contribution in [3.05, 3.63) is 49.4 Å². The lowest BCUT2D eigenvalue weighted by atomic mass is 10.2. The maximum absolute atomic E-state index is 11.9. The van der Waals surface area contributed by atoms with Crippen LogP contribution in [0.25, 0.3) is 0 Å². The van der Waals surface area contributed by atoms with Crippen molar-refractivity contribution in [2.24, 2.45) is 0 Å². The second-order valence-corrected chi connectivity index (χ2v) is 5.67. The van der Waals surface area contributed by atoms with Gasteiger partial charge in [0.25, 0.3) is 5.56 Å². The molecule has 98 valence electrons. The average molecular weight is 339 g/mol. The number of nitrogens with zero attached hydrogens (tertiary/aromatic N) is 1. The first-order valence-corrected chi connectivity index (χ1v) is 6.88. The Morgan fingerprint density at radius 3 is 2.63 bits per heavy atom. The predicted molar refractivity (Wildman–Crippen MR) is 81.2 cm³/mol. The van der Waals surface area contributed by atoms with Gasteiger partial charge in [0.15, 0.2) is 4.77 Å². The van der Waals surface area contributed by atoms with Gasteiger partial charge in [0.1, 0.15) is 17.7 Å². The van der Waals surface area contributed by atoms with Crippen LogP contribution in [0.5, 0.6) is 0 Å². The molecule has 0 fully saturated rings. The lowest BCUT2D eigenvalue weighted by Gasteiger charge is -2.21. The van der Waals surface area contributed by atoms with Gasteiger partial charge in [-0.25, -0.2) is 0 Å². The van der Waals surface area contributed by atoms with Gasteiger partial charge in [0, 0.05) is 11.5 Å². The molecule has 1 aromatic carbocycles. The van der Waals surface area contributed by atoms with Crippen LogP contribution in [0.4, 0.5) is 11.5 Å². The van der Waals surface area contributed by atoms with Crippen molar-refractivity contribution >= 4 is 39.7 Å². The summed E-state index contributed by atoms with van der Waals surface area (Å²) in [6.45, 7) is 0. The maximum Gasteiger partial charge on any atom is 0.277 e. The summed E-state index contributed by atoms with van der Waals surface area (Å²) in [6.07, 6.45) is -0.0859. The standard InChI is InChI=1S/C12H11BrN4OS/c1-17-9(6-2-4-7(13)5-3-6)14-8-10(17)15-12(19)16-11(8)18/h2-5,9,14H,1H3,(H2,15,16,18,19). The first kappa shape index (κ1) is 12.4. The minimum Gasteiger partial charge on any atom is -0.354 e. The predicted octanol–water partition coefficient (Wildman–Crippen LogP) is 2.76. The van der Waals surface area contributed by atoms with E-state index in [0.29, 0.717) is 16.3 Å². The maximum atomic E-state index is 11.9. The number of hydrogen-bond donors (Lipinski definition) is 3. The Morgan fingerprint density at radius 1 is 1.26 bits per heavy atom. The second-order valence-electron chi connectivity index (χ2n) is 4.34. The molecule has 2 aromatic rings. The largest absolute Gasteiger partial charge is 0.354 e. The summed E-state index contributed by atoms with van der Waals surface area (Å²) >= 11 is 8.40. The molecule has 1 unspecified atom stereocenters. The zero-order chi connectivity index (χ0) is 13.6. The van der Waals surface area contributed by atoms with Gasteiger partial charge >= 0.3 is 0 Å². The highest BCUT2D eigenvalue weighted by molar-refractivity contribution is 9.10. The molecule has 3 rings (SSSR count). The van der Waals surface area contributed by atoms with E-state index in [9.17, 15) is 4.79 Å². The average Bonchev–Trinajstić information content (AvgIpc) is 2.69. The third kappa shape index (κ3) is 2.08. The zero-order valence-electron chi connectivity index (χ0n) is 10.0. The zero-order valence-corrected chi connectivity index (χ0v) is 12.4. The van der Waals surface area contributed by atoms with Crippen molar-refractivity contribution in [1.82, 2.24) is 9.97 Å². The summed E-state index contributed by atoms with van der Waals surface area (Å²) in [4.78, 5) is 19.4. The van der Waals surface area contributed by atoms with Crippen LogP contribution in [0.15, 0.2) is 33.5 Å². The Hall–Kier alpha value is -1.60. The van der Waals surface area contributed by atoms with Crippen LogP contribution in [-0.4, -0.2) is 17.0 Å². The number of H-pyrrole nitrogens is 2. The molecule has 3 N–H and O–H groups in total. The number of nitrogens with one attached hydrogen (secondary N) is 3. The number of benzene rings is 1. The molecule has 2 heterocycles. The molecule has 1 atom stereocenters. The van der Waals surface area contributed by atoms with E-state index in [1.807, 2.05) is 36.2 Å². The van der Waals surface area contributed by atoms with E-state index in [2.05, 4.69) is 31.2 Å². The van der Waals surface area contributed by atoms with E-state index >= 15 is 0 Å². The Balaban J connectivity index is 2.06. The van der Waals surface area contributed by atoms with Crippen molar-refractivity contribution in [3.63, 3.8) is 0 Å². The SMILES string of the molecule is CN1c2[nH]c(=S)[nH]c(=O)c2NC1c1ccc(Br)cc1. The Bertz CT molecular complexity index is 737. The first-order valence-electron chi connectivity index (χ1n) is 5.67. The summed E-state index contributed by atoms with van der Waals surface area (Å²) in [7, 11) is 1.91. The van der Waals surface area contributed by atoms with Gasteiger partial charge in [-0.2, -0.15) is 0 Å². The smallest absolute Gasteiger partial charge is 0.277 e. The number of anilines is 2. The molecule has 0 saturated heterocycles. The second kappa shape index (κ2) is 4.50. The van der Waals surface area contributed by atoms with Crippen molar-refractivity contribution in [2.75, 3.05) is 17.3 Å². The number of fused-ring (bicyclic) bond motifs is 1. The van der Waals surface area contributed by atoms with Crippen molar-refractivity contribution in [3.8, 4) is 0 Å². The molecule has 0 bridgehead atoms. The first-order chi connectivity index (χ1) is 9.06. The number of hydrogen-bond acceptors (Lipinski definition) is 4. The molecular weight excluding hydrogens is 328 g/mol. The third-order valence-corrected chi connectivity index (χ3v) is 3.86. The normalized spacial score (nSPS) is 17.2. The monoisotopic (exact) mass is 338 g/mol. The quantitative estimate of drug-likeness (QED) is 0.699. The fourth-order valence-corrected chi connectivity index (χ4v) is 2.64. The van der Waals surface area contributed by atoms with Crippen LogP contribution in [0.3, 0.4) is 0 Å². The van der Waals surface area contributed by atoms with Crippen LogP contribution in [-0.2, 0) is 0 Å². The summed E-state index contributed by atoms with van der Waals surface area (Å²) in [6, 6.07) is 7.96. The fraction of sp³-hybridized carbons (Fsp3) is 0.167. The van der Waals surface area contributed by atoms with Gasteiger partial charge in [0.2, 0.25) is 0 Å². The van der Waals surface area contributed by atoms with Crippen LogP contribution < -0.4 is 15.8 Å². The fourth-order valence-electron chi connectivity index (χ4n) is 2.19. The van der Waals surface area contributed by atoms with Crippen molar-refractivity contribution in [2.45, 2.75) is 6.17 Å². The van der Waals surface area contributed by atoms with E-state index in [-0.39, 0.29) is 11.7 Å². The molecule has 1 aliphatic heterocycles. The molecule has 5 nitrogen and oxygen atoms in total. The van der Waals surface area contributed by atoms with E-state index in [4.69, 9.17) is 12.2 Å². The molecular formula is C12H11BrN4OS. The summed E-state index contributed by atoms with van der Waals surface area (Å²) in [5.74, 6) is 0.710. The molecule has 7 heteroatoms. The number of aromatic amines is 2. The lowest BCUT2D eigenvalue weighted by molar-refractivity contribution is 0.783. The van der Waals surface area contributed by atoms with Gasteiger partial charge in [-0.05, 0) is 29.9 Å². The summed E-state index contributed by atoms with van der Waals surface area (Å²) < 4.78 is 1.35. The van der Waals surface area contributed by atoms with Gasteiger partial charge in [0.05, 0.1) is 0 Å². The van der Waals surface area contributed by atoms with Gasteiger partial charge < -0.3 is 15.2 Å².